The summed E-state index contributed by atoms with van der Waals surface area (Å²) >= 11 is 1.50. The Morgan fingerprint density at radius 3 is 2.82 bits per heavy atom. The summed E-state index contributed by atoms with van der Waals surface area (Å²) in [6.07, 6.45) is 1.33. The van der Waals surface area contributed by atoms with Gasteiger partial charge in [-0.05, 0) is 12.1 Å². The molecule has 6 heteroatoms. The van der Waals surface area contributed by atoms with Gasteiger partial charge >= 0.3 is 0 Å². The van der Waals surface area contributed by atoms with Gasteiger partial charge < -0.3 is 0 Å². The van der Waals surface area contributed by atoms with E-state index in [1.54, 1.807) is 0 Å². The maximum absolute atomic E-state index is 8.73. The Bertz CT molecular complexity index is 695. The van der Waals surface area contributed by atoms with Crippen LogP contribution in [0.2, 0.25) is 0 Å². The highest BCUT2D eigenvalue weighted by Crippen LogP contribution is 2.27. The Labute approximate surface area is 100 Å². The molecule has 2 heterocycles. The number of para-hydroxylation sites is 1. The minimum atomic E-state index is 0.106. The van der Waals surface area contributed by atoms with Crippen LogP contribution in [0.15, 0.2) is 30.6 Å². The molecule has 0 unspecified atom stereocenters. The number of nitrogens with zero attached hydrogens (tertiary/aromatic N) is 5. The summed E-state index contributed by atoms with van der Waals surface area (Å²) in [6, 6.07) is 9.69. The van der Waals surface area contributed by atoms with Gasteiger partial charge in [-0.1, -0.05) is 12.1 Å². The highest BCUT2D eigenvalue weighted by atomic mass is 32.1. The molecule has 2 aromatic heterocycles. The highest BCUT2D eigenvalue weighted by Gasteiger charge is 2.09. The van der Waals surface area contributed by atoms with Crippen LogP contribution in [0.1, 0.15) is 5.82 Å². The Kier molecular flexibility index (Phi) is 2.24. The number of hydrogen-bond donors (Lipinski definition) is 0. The minimum absolute atomic E-state index is 0.106. The molecule has 0 saturated heterocycles. The van der Waals surface area contributed by atoms with Crippen LogP contribution in [-0.2, 0) is 0 Å². The molecule has 0 bridgehead atoms. The molecule has 80 valence electrons. The van der Waals surface area contributed by atoms with E-state index in [9.17, 15) is 0 Å². The largest absolute Gasteiger partial charge is 0.235 e. The first kappa shape index (κ1) is 9.81. The Morgan fingerprint density at radius 1 is 1.12 bits per heavy atom. The number of hydrogen-bond acceptors (Lipinski definition) is 6. The van der Waals surface area contributed by atoms with Crippen LogP contribution in [0.5, 0.6) is 0 Å². The summed E-state index contributed by atoms with van der Waals surface area (Å²) in [5, 5.41) is 9.43. The minimum Gasteiger partial charge on any atom is -0.233 e. The van der Waals surface area contributed by atoms with Crippen molar-refractivity contribution in [3.8, 4) is 16.9 Å². The molecule has 0 amide bonds. The second-order valence-corrected chi connectivity index (χ2v) is 4.26. The van der Waals surface area contributed by atoms with Crippen molar-refractivity contribution in [1.29, 1.82) is 5.26 Å². The Hall–Kier alpha value is -2.39. The van der Waals surface area contributed by atoms with E-state index >= 15 is 0 Å². The predicted octanol–water partition coefficient (Wildman–Crippen LogP) is 2.02. The normalized spacial score (nSPS) is 10.3. The van der Waals surface area contributed by atoms with Gasteiger partial charge in [0.2, 0.25) is 5.82 Å². The SMILES string of the molecule is N#Cc1ncnc(-c2nc3ccccc3s2)n1. The number of thiazole rings is 1. The fraction of sp³-hybridized carbons (Fsp3) is 0. The van der Waals surface area contributed by atoms with E-state index in [0.717, 1.165) is 10.2 Å². The lowest BCUT2D eigenvalue weighted by molar-refractivity contribution is 1.02. The second kappa shape index (κ2) is 3.88. The lowest BCUT2D eigenvalue weighted by Crippen LogP contribution is -1.94. The van der Waals surface area contributed by atoms with Crippen molar-refractivity contribution in [2.45, 2.75) is 0 Å². The van der Waals surface area contributed by atoms with Gasteiger partial charge in [0.05, 0.1) is 10.2 Å². The second-order valence-electron chi connectivity index (χ2n) is 3.23. The topological polar surface area (TPSA) is 75.3 Å². The Balaban J connectivity index is 2.17. The fourth-order valence-electron chi connectivity index (χ4n) is 1.42. The van der Waals surface area contributed by atoms with E-state index < -0.39 is 0 Å². The molecule has 5 nitrogen and oxygen atoms in total. The van der Waals surface area contributed by atoms with Gasteiger partial charge in [0.25, 0.3) is 0 Å². The first-order valence-electron chi connectivity index (χ1n) is 4.82. The molecule has 17 heavy (non-hydrogen) atoms. The van der Waals surface area contributed by atoms with Crippen LogP contribution in [0.4, 0.5) is 0 Å². The van der Waals surface area contributed by atoms with Gasteiger partial charge in [-0.3, -0.25) is 0 Å². The monoisotopic (exact) mass is 239 g/mol. The van der Waals surface area contributed by atoms with Crippen LogP contribution in [-0.4, -0.2) is 19.9 Å². The predicted molar refractivity (Wildman–Crippen MR) is 63.2 cm³/mol. The maximum atomic E-state index is 8.73. The molecule has 0 saturated carbocycles. The summed E-state index contributed by atoms with van der Waals surface area (Å²) in [4.78, 5) is 16.2. The molecule has 3 aromatic rings. The van der Waals surface area contributed by atoms with Crippen LogP contribution >= 0.6 is 11.3 Å². The van der Waals surface area contributed by atoms with E-state index in [-0.39, 0.29) is 5.82 Å². The van der Waals surface area contributed by atoms with E-state index in [1.165, 1.54) is 17.7 Å². The molecule has 3 rings (SSSR count). The molecule has 0 aliphatic rings. The average Bonchev–Trinajstić information content (AvgIpc) is 2.82. The molecule has 0 radical (unpaired) electrons. The van der Waals surface area contributed by atoms with Gasteiger partial charge in [0.1, 0.15) is 12.4 Å². The summed E-state index contributed by atoms with van der Waals surface area (Å²) in [6.45, 7) is 0. The van der Waals surface area contributed by atoms with E-state index in [4.69, 9.17) is 5.26 Å². The lowest BCUT2D eigenvalue weighted by Gasteiger charge is -1.92. The maximum Gasteiger partial charge on any atom is 0.235 e. The first-order valence-corrected chi connectivity index (χ1v) is 5.63. The number of aromatic nitrogens is 4. The molecular formula is C11H5N5S. The number of benzene rings is 1. The third kappa shape index (κ3) is 1.73. The van der Waals surface area contributed by atoms with Crippen molar-refractivity contribution in [2.24, 2.45) is 0 Å². The number of nitriles is 1. The van der Waals surface area contributed by atoms with Crippen molar-refractivity contribution in [3.63, 3.8) is 0 Å². The van der Waals surface area contributed by atoms with Crippen molar-refractivity contribution in [3.05, 3.63) is 36.4 Å². The zero-order valence-electron chi connectivity index (χ0n) is 8.53. The van der Waals surface area contributed by atoms with Gasteiger partial charge in [0.15, 0.2) is 10.8 Å². The number of rotatable bonds is 1. The molecule has 0 aliphatic carbocycles. The third-order valence-electron chi connectivity index (χ3n) is 2.16. The molecule has 0 atom stereocenters. The van der Waals surface area contributed by atoms with E-state index in [1.807, 2.05) is 30.3 Å². The summed E-state index contributed by atoms with van der Waals surface area (Å²) in [7, 11) is 0. The highest BCUT2D eigenvalue weighted by molar-refractivity contribution is 7.21. The third-order valence-corrected chi connectivity index (χ3v) is 3.19. The van der Waals surface area contributed by atoms with Gasteiger partial charge in [-0.2, -0.15) is 10.2 Å². The van der Waals surface area contributed by atoms with Crippen molar-refractivity contribution >= 4 is 21.6 Å². The lowest BCUT2D eigenvalue weighted by atomic mass is 10.3. The van der Waals surface area contributed by atoms with Gasteiger partial charge in [0, 0.05) is 0 Å². The van der Waals surface area contributed by atoms with Crippen LogP contribution in [0.3, 0.4) is 0 Å². The quantitative estimate of drug-likeness (QED) is 0.649. The molecular weight excluding hydrogens is 234 g/mol. The number of fused-ring (bicyclic) bond motifs is 1. The van der Waals surface area contributed by atoms with Crippen LogP contribution in [0.25, 0.3) is 21.0 Å². The van der Waals surface area contributed by atoms with Crippen LogP contribution in [0, 0.1) is 11.3 Å². The van der Waals surface area contributed by atoms with Crippen molar-refractivity contribution in [2.75, 3.05) is 0 Å². The molecule has 0 N–H and O–H groups in total. The van der Waals surface area contributed by atoms with Crippen LogP contribution < -0.4 is 0 Å². The standard InChI is InChI=1S/C11H5N5S/c12-5-9-13-6-14-10(16-9)11-15-7-3-1-2-4-8(7)17-11/h1-4,6H. The zero-order chi connectivity index (χ0) is 11.7. The average molecular weight is 239 g/mol. The Morgan fingerprint density at radius 2 is 2.00 bits per heavy atom. The zero-order valence-corrected chi connectivity index (χ0v) is 9.35. The summed E-state index contributed by atoms with van der Waals surface area (Å²) in [5.41, 5.74) is 0.909. The fourth-order valence-corrected chi connectivity index (χ4v) is 2.33. The molecule has 0 spiro atoms. The summed E-state index contributed by atoms with van der Waals surface area (Å²) in [5.74, 6) is 0.548. The molecule has 1 aromatic carbocycles. The summed E-state index contributed by atoms with van der Waals surface area (Å²) < 4.78 is 1.07. The van der Waals surface area contributed by atoms with Gasteiger partial charge in [-0.25, -0.2) is 15.0 Å². The van der Waals surface area contributed by atoms with E-state index in [2.05, 4.69) is 19.9 Å². The smallest absolute Gasteiger partial charge is 0.233 e. The molecule has 0 fully saturated rings. The van der Waals surface area contributed by atoms with Crippen molar-refractivity contribution in [1.82, 2.24) is 19.9 Å². The van der Waals surface area contributed by atoms with Crippen molar-refractivity contribution < 1.29 is 0 Å². The van der Waals surface area contributed by atoms with Gasteiger partial charge in [-0.15, -0.1) is 11.3 Å². The molecule has 0 aliphatic heterocycles. The first-order chi connectivity index (χ1) is 8.36. The van der Waals surface area contributed by atoms with E-state index in [0.29, 0.717) is 10.8 Å².